The van der Waals surface area contributed by atoms with Gasteiger partial charge in [-0.2, -0.15) is 5.48 Å². The van der Waals surface area contributed by atoms with Crippen LogP contribution in [-0.4, -0.2) is 24.7 Å². The lowest BCUT2D eigenvalue weighted by molar-refractivity contribution is -0.140. The Kier molecular flexibility index (Phi) is 7.06. The molecule has 0 aromatic heterocycles. The average molecular weight is 201 g/mol. The van der Waals surface area contributed by atoms with Gasteiger partial charge in [-0.25, -0.2) is 4.79 Å². The van der Waals surface area contributed by atoms with Crippen molar-refractivity contribution < 1.29 is 14.4 Å². The van der Waals surface area contributed by atoms with Crippen molar-refractivity contribution in [2.24, 2.45) is 0 Å². The molecule has 0 spiro atoms. The van der Waals surface area contributed by atoms with Gasteiger partial charge >= 0.3 is 5.97 Å². The molecule has 4 heteroatoms. The van der Waals surface area contributed by atoms with Gasteiger partial charge in [0, 0.05) is 6.08 Å². The summed E-state index contributed by atoms with van der Waals surface area (Å²) in [5, 5.41) is 0. The molecular weight excluding hydrogens is 182 g/mol. The molecule has 0 rings (SSSR count). The second-order valence-corrected chi connectivity index (χ2v) is 3.19. The lowest BCUT2D eigenvalue weighted by Gasteiger charge is -2.16. The molecule has 0 heterocycles. The third kappa shape index (κ3) is 6.62. The van der Waals surface area contributed by atoms with Crippen molar-refractivity contribution in [1.29, 1.82) is 0 Å². The summed E-state index contributed by atoms with van der Waals surface area (Å²) in [6.45, 7) is 9.46. The fourth-order valence-electron chi connectivity index (χ4n) is 0.616. The maximum Gasteiger partial charge on any atom is 0.330 e. The van der Waals surface area contributed by atoms with Crippen molar-refractivity contribution in [2.75, 3.05) is 6.61 Å². The van der Waals surface area contributed by atoms with Crippen LogP contribution in [0.3, 0.4) is 0 Å². The van der Waals surface area contributed by atoms with Crippen molar-refractivity contribution in [3.8, 4) is 0 Å². The molecule has 0 saturated heterocycles. The van der Waals surface area contributed by atoms with Crippen molar-refractivity contribution in [3.63, 3.8) is 0 Å². The quantitative estimate of drug-likeness (QED) is 0.384. The summed E-state index contributed by atoms with van der Waals surface area (Å²) in [6.07, 6.45) is 2.24. The van der Waals surface area contributed by atoms with E-state index in [1.165, 1.54) is 0 Å². The molecule has 0 aromatic rings. The number of hydrogen-bond donors (Lipinski definition) is 1. The fraction of sp³-hybridized carbons (Fsp3) is 0.700. The molecule has 0 amide bonds. The highest BCUT2D eigenvalue weighted by Gasteiger charge is 2.06. The number of hydrogen-bond acceptors (Lipinski definition) is 4. The second kappa shape index (κ2) is 7.53. The topological polar surface area (TPSA) is 47.6 Å². The van der Waals surface area contributed by atoms with Gasteiger partial charge < -0.3 is 4.74 Å². The van der Waals surface area contributed by atoms with Crippen LogP contribution in [0.5, 0.6) is 0 Å². The highest BCUT2D eigenvalue weighted by Crippen LogP contribution is 1.94. The Morgan fingerprint density at radius 3 is 2.71 bits per heavy atom. The van der Waals surface area contributed by atoms with Gasteiger partial charge in [0.25, 0.3) is 0 Å². The molecule has 0 aliphatic heterocycles. The predicted molar refractivity (Wildman–Crippen MR) is 54.6 cm³/mol. The molecule has 0 bridgehead atoms. The first-order valence-corrected chi connectivity index (χ1v) is 4.80. The highest BCUT2D eigenvalue weighted by atomic mass is 16.7. The van der Waals surface area contributed by atoms with Gasteiger partial charge in [-0.3, -0.25) is 4.84 Å². The number of esters is 1. The molecule has 4 nitrogen and oxygen atoms in total. The monoisotopic (exact) mass is 201 g/mol. The van der Waals surface area contributed by atoms with Gasteiger partial charge in [-0.05, 0) is 20.3 Å². The number of carbonyl (C=O) groups is 1. The van der Waals surface area contributed by atoms with Gasteiger partial charge in [0.1, 0.15) is 6.61 Å². The number of carbonyl (C=O) groups excluding carboxylic acids is 1. The average Bonchev–Trinajstić information content (AvgIpc) is 2.22. The SMILES string of the molecule is C=CC(=O)OCC(C)NOC(C)CC. The Morgan fingerprint density at radius 1 is 1.57 bits per heavy atom. The van der Waals surface area contributed by atoms with E-state index in [0.717, 1.165) is 12.5 Å². The molecular formula is C10H19NO3. The van der Waals surface area contributed by atoms with Crippen molar-refractivity contribution >= 4 is 5.97 Å². The number of rotatable bonds is 7. The van der Waals surface area contributed by atoms with Gasteiger partial charge in [-0.15, -0.1) is 0 Å². The summed E-state index contributed by atoms with van der Waals surface area (Å²) in [4.78, 5) is 16.0. The molecule has 0 radical (unpaired) electrons. The zero-order valence-electron chi connectivity index (χ0n) is 9.08. The second-order valence-electron chi connectivity index (χ2n) is 3.19. The van der Waals surface area contributed by atoms with Crippen LogP contribution in [0.25, 0.3) is 0 Å². The Bertz CT molecular complexity index is 182. The van der Waals surface area contributed by atoms with Crippen LogP contribution in [0.4, 0.5) is 0 Å². The third-order valence-corrected chi connectivity index (χ3v) is 1.69. The van der Waals surface area contributed by atoms with Crippen molar-refractivity contribution in [3.05, 3.63) is 12.7 Å². The Morgan fingerprint density at radius 2 is 2.21 bits per heavy atom. The minimum absolute atomic E-state index is 0.0205. The van der Waals surface area contributed by atoms with Gasteiger partial charge in [0.15, 0.2) is 0 Å². The van der Waals surface area contributed by atoms with E-state index in [1.54, 1.807) is 0 Å². The Balaban J connectivity index is 3.50. The van der Waals surface area contributed by atoms with E-state index >= 15 is 0 Å². The van der Waals surface area contributed by atoms with Crippen LogP contribution >= 0.6 is 0 Å². The van der Waals surface area contributed by atoms with E-state index in [-0.39, 0.29) is 18.8 Å². The molecule has 0 aromatic carbocycles. The summed E-state index contributed by atoms with van der Waals surface area (Å²) in [6, 6.07) is -0.0205. The third-order valence-electron chi connectivity index (χ3n) is 1.69. The van der Waals surface area contributed by atoms with E-state index in [2.05, 4.69) is 12.1 Å². The van der Waals surface area contributed by atoms with Crippen LogP contribution in [0, 0.1) is 0 Å². The molecule has 0 fully saturated rings. The highest BCUT2D eigenvalue weighted by molar-refractivity contribution is 5.81. The van der Waals surface area contributed by atoms with Crippen LogP contribution < -0.4 is 5.48 Å². The normalized spacial score (nSPS) is 14.5. The lowest BCUT2D eigenvalue weighted by atomic mass is 10.3. The largest absolute Gasteiger partial charge is 0.461 e. The predicted octanol–water partition coefficient (Wildman–Crippen LogP) is 1.42. The van der Waals surface area contributed by atoms with Crippen molar-refractivity contribution in [2.45, 2.75) is 39.3 Å². The summed E-state index contributed by atoms with van der Waals surface area (Å²) in [7, 11) is 0. The zero-order valence-corrected chi connectivity index (χ0v) is 9.08. The van der Waals surface area contributed by atoms with E-state index in [9.17, 15) is 4.79 Å². The number of nitrogens with one attached hydrogen (secondary N) is 1. The maximum absolute atomic E-state index is 10.7. The molecule has 2 unspecified atom stereocenters. The molecule has 82 valence electrons. The van der Waals surface area contributed by atoms with Crippen molar-refractivity contribution in [1.82, 2.24) is 5.48 Å². The van der Waals surface area contributed by atoms with Crippen LogP contribution in [-0.2, 0) is 14.4 Å². The molecule has 1 N–H and O–H groups in total. The van der Waals surface area contributed by atoms with Gasteiger partial charge in [0.2, 0.25) is 0 Å². The minimum atomic E-state index is -0.415. The summed E-state index contributed by atoms with van der Waals surface area (Å²) in [5.41, 5.74) is 2.80. The van der Waals surface area contributed by atoms with Gasteiger partial charge in [0.05, 0.1) is 12.1 Å². The zero-order chi connectivity index (χ0) is 11.0. The van der Waals surface area contributed by atoms with Gasteiger partial charge in [-0.1, -0.05) is 13.5 Å². The van der Waals surface area contributed by atoms with E-state index in [4.69, 9.17) is 9.57 Å². The number of ether oxygens (including phenoxy) is 1. The standard InChI is InChI=1S/C10H19NO3/c1-5-9(4)14-11-8(3)7-13-10(12)6-2/h6,8-9,11H,2,5,7H2,1,3-4H3. The Labute approximate surface area is 85.2 Å². The number of hydroxylamine groups is 1. The minimum Gasteiger partial charge on any atom is -0.461 e. The summed E-state index contributed by atoms with van der Waals surface area (Å²) in [5.74, 6) is -0.415. The lowest BCUT2D eigenvalue weighted by Crippen LogP contribution is -2.34. The molecule has 0 aliphatic carbocycles. The van der Waals surface area contributed by atoms with Crippen LogP contribution in [0.15, 0.2) is 12.7 Å². The Hall–Kier alpha value is -0.870. The first-order chi connectivity index (χ1) is 6.60. The smallest absolute Gasteiger partial charge is 0.330 e. The molecule has 0 saturated carbocycles. The summed E-state index contributed by atoms with van der Waals surface area (Å²) < 4.78 is 4.82. The van der Waals surface area contributed by atoms with Crippen LogP contribution in [0.1, 0.15) is 27.2 Å². The molecule has 0 aliphatic rings. The van der Waals surface area contributed by atoms with Crippen LogP contribution in [0.2, 0.25) is 0 Å². The molecule has 2 atom stereocenters. The van der Waals surface area contributed by atoms with E-state index in [1.807, 2.05) is 20.8 Å². The fourth-order valence-corrected chi connectivity index (χ4v) is 0.616. The first kappa shape index (κ1) is 13.1. The van der Waals surface area contributed by atoms with E-state index in [0.29, 0.717) is 0 Å². The maximum atomic E-state index is 10.7. The first-order valence-electron chi connectivity index (χ1n) is 4.80. The summed E-state index contributed by atoms with van der Waals surface area (Å²) >= 11 is 0. The molecule has 14 heavy (non-hydrogen) atoms. The van der Waals surface area contributed by atoms with E-state index < -0.39 is 5.97 Å².